The van der Waals surface area contributed by atoms with Crippen LogP contribution in [0.4, 0.5) is 0 Å². The molecule has 0 spiro atoms. The normalized spacial score (nSPS) is 18.3. The first-order valence-electron chi connectivity index (χ1n) is 9.35. The minimum atomic E-state index is -0.167. The van der Waals surface area contributed by atoms with Crippen molar-refractivity contribution in [3.63, 3.8) is 0 Å². The van der Waals surface area contributed by atoms with Gasteiger partial charge in [-0.2, -0.15) is 5.10 Å². The Hall–Kier alpha value is -3.12. The molecule has 3 aromatic rings. The summed E-state index contributed by atoms with van der Waals surface area (Å²) in [5.41, 5.74) is 2.01. The summed E-state index contributed by atoms with van der Waals surface area (Å²) in [6.45, 7) is 2.35. The lowest BCUT2D eigenvalue weighted by Gasteiger charge is -2.15. The van der Waals surface area contributed by atoms with Crippen LogP contribution in [0.25, 0.3) is 10.8 Å². The maximum Gasteiger partial charge on any atom is 0.242 e. The predicted molar refractivity (Wildman–Crippen MR) is 120 cm³/mol. The topological polar surface area (TPSA) is 54.3 Å². The molecule has 0 saturated carbocycles. The van der Waals surface area contributed by atoms with E-state index in [1.165, 1.54) is 11.8 Å². The summed E-state index contributed by atoms with van der Waals surface area (Å²) in [4.78, 5) is 14.3. The Morgan fingerprint density at radius 1 is 1.07 bits per heavy atom. The lowest BCUT2D eigenvalue weighted by atomic mass is 10.1. The van der Waals surface area contributed by atoms with E-state index in [1.807, 2.05) is 55.5 Å². The van der Waals surface area contributed by atoms with E-state index in [4.69, 9.17) is 4.74 Å². The summed E-state index contributed by atoms with van der Waals surface area (Å²) < 4.78 is 5.20. The molecular formula is C23H21N3O2S. The van der Waals surface area contributed by atoms with Crippen molar-refractivity contribution < 1.29 is 9.53 Å². The number of rotatable bonds is 5. The number of hydrogen-bond acceptors (Lipinski definition) is 5. The van der Waals surface area contributed by atoms with Crippen molar-refractivity contribution in [2.45, 2.75) is 18.7 Å². The molecule has 0 radical (unpaired) electrons. The van der Waals surface area contributed by atoms with E-state index >= 15 is 0 Å². The van der Waals surface area contributed by atoms with E-state index in [-0.39, 0.29) is 11.2 Å². The molecule has 5 nitrogen and oxygen atoms in total. The highest BCUT2D eigenvalue weighted by molar-refractivity contribution is 8.15. The molecule has 1 heterocycles. The summed E-state index contributed by atoms with van der Waals surface area (Å²) in [5.74, 6) is 0.836. The van der Waals surface area contributed by atoms with Crippen LogP contribution in [0, 0.1) is 0 Å². The first kappa shape index (κ1) is 19.2. The Balaban J connectivity index is 1.57. The highest BCUT2D eigenvalue weighted by atomic mass is 32.2. The third-order valence-corrected chi connectivity index (χ3v) is 5.86. The molecule has 1 atom stereocenters. The van der Waals surface area contributed by atoms with Gasteiger partial charge in [-0.1, -0.05) is 66.4 Å². The predicted octanol–water partition coefficient (Wildman–Crippen LogP) is 4.70. The molecule has 1 unspecified atom stereocenters. The second kappa shape index (κ2) is 8.49. The van der Waals surface area contributed by atoms with Gasteiger partial charge >= 0.3 is 0 Å². The van der Waals surface area contributed by atoms with Crippen LogP contribution < -0.4 is 4.74 Å². The molecule has 4 rings (SSSR count). The SMILES string of the molecule is COc1ccc(CN2C(=O)C(C)SC2=NN=Cc2cccc3ccccc23)cc1. The number of carbonyl (C=O) groups is 1. The van der Waals surface area contributed by atoms with Gasteiger partial charge in [-0.3, -0.25) is 9.69 Å². The Kier molecular flexibility index (Phi) is 5.62. The summed E-state index contributed by atoms with van der Waals surface area (Å²) >= 11 is 1.44. The van der Waals surface area contributed by atoms with Crippen LogP contribution in [0.3, 0.4) is 0 Å². The van der Waals surface area contributed by atoms with Gasteiger partial charge in [-0.25, -0.2) is 0 Å². The smallest absolute Gasteiger partial charge is 0.242 e. The minimum Gasteiger partial charge on any atom is -0.497 e. The summed E-state index contributed by atoms with van der Waals surface area (Å²) in [6, 6.07) is 21.9. The molecule has 1 saturated heterocycles. The third kappa shape index (κ3) is 4.17. The molecule has 1 aliphatic rings. The highest BCUT2D eigenvalue weighted by Gasteiger charge is 2.35. The summed E-state index contributed by atoms with van der Waals surface area (Å²) in [7, 11) is 1.63. The van der Waals surface area contributed by atoms with Gasteiger partial charge in [0.1, 0.15) is 5.75 Å². The molecule has 3 aromatic carbocycles. The number of fused-ring (bicyclic) bond motifs is 1. The molecule has 1 amide bonds. The van der Waals surface area contributed by atoms with E-state index in [0.29, 0.717) is 11.7 Å². The highest BCUT2D eigenvalue weighted by Crippen LogP contribution is 2.29. The number of thioether (sulfide) groups is 1. The molecule has 0 bridgehead atoms. The third-order valence-electron chi connectivity index (χ3n) is 4.79. The van der Waals surface area contributed by atoms with E-state index in [0.717, 1.165) is 27.6 Å². The van der Waals surface area contributed by atoms with Crippen molar-refractivity contribution in [1.82, 2.24) is 4.90 Å². The maximum atomic E-state index is 12.6. The van der Waals surface area contributed by atoms with Gasteiger partial charge in [0.2, 0.25) is 5.91 Å². The van der Waals surface area contributed by atoms with Crippen molar-refractivity contribution in [1.29, 1.82) is 0 Å². The Bertz CT molecular complexity index is 1090. The Morgan fingerprint density at radius 3 is 2.62 bits per heavy atom. The number of carbonyl (C=O) groups excluding carboxylic acids is 1. The second-order valence-electron chi connectivity index (χ2n) is 6.73. The van der Waals surface area contributed by atoms with Crippen molar-refractivity contribution in [3.05, 3.63) is 77.9 Å². The van der Waals surface area contributed by atoms with Crippen LogP contribution in [0.2, 0.25) is 0 Å². The van der Waals surface area contributed by atoms with Crippen LogP contribution in [0.5, 0.6) is 5.75 Å². The lowest BCUT2D eigenvalue weighted by Crippen LogP contribution is -2.30. The van der Waals surface area contributed by atoms with Crippen LogP contribution in [0.15, 0.2) is 76.9 Å². The fraction of sp³-hybridized carbons (Fsp3) is 0.174. The van der Waals surface area contributed by atoms with E-state index in [1.54, 1.807) is 18.2 Å². The average molecular weight is 404 g/mol. The van der Waals surface area contributed by atoms with E-state index < -0.39 is 0 Å². The number of amides is 1. The number of benzene rings is 3. The average Bonchev–Trinajstić information content (AvgIpc) is 3.02. The molecule has 29 heavy (non-hydrogen) atoms. The summed E-state index contributed by atoms with van der Waals surface area (Å²) in [5, 5.41) is 11.4. The minimum absolute atomic E-state index is 0.0462. The monoisotopic (exact) mass is 403 g/mol. The first-order chi connectivity index (χ1) is 14.2. The maximum absolute atomic E-state index is 12.6. The standard InChI is InChI=1S/C23H21N3O2S/c1-16-22(27)26(15-17-10-12-20(28-2)13-11-17)23(29-16)25-24-14-19-8-5-7-18-6-3-4-9-21(18)19/h3-14,16H,15H2,1-2H3. The zero-order valence-corrected chi connectivity index (χ0v) is 17.1. The molecule has 6 heteroatoms. The second-order valence-corrected chi connectivity index (χ2v) is 8.04. The molecule has 0 aliphatic carbocycles. The molecule has 1 fully saturated rings. The fourth-order valence-electron chi connectivity index (χ4n) is 3.23. The molecule has 0 N–H and O–H groups in total. The van der Waals surface area contributed by atoms with Gasteiger partial charge in [0.25, 0.3) is 0 Å². The van der Waals surface area contributed by atoms with Crippen molar-refractivity contribution in [2.24, 2.45) is 10.2 Å². The quantitative estimate of drug-likeness (QED) is 0.458. The zero-order valence-electron chi connectivity index (χ0n) is 16.3. The molecule has 0 aromatic heterocycles. The van der Waals surface area contributed by atoms with Crippen molar-refractivity contribution in [3.8, 4) is 5.75 Å². The number of methoxy groups -OCH3 is 1. The van der Waals surface area contributed by atoms with Crippen molar-refractivity contribution >= 4 is 39.8 Å². The van der Waals surface area contributed by atoms with Gasteiger partial charge < -0.3 is 4.74 Å². The number of ether oxygens (including phenoxy) is 1. The van der Waals surface area contributed by atoms with Crippen molar-refractivity contribution in [2.75, 3.05) is 7.11 Å². The fourth-order valence-corrected chi connectivity index (χ4v) is 4.15. The van der Waals surface area contributed by atoms with E-state index in [2.05, 4.69) is 28.4 Å². The first-order valence-corrected chi connectivity index (χ1v) is 10.2. The molecule has 146 valence electrons. The van der Waals surface area contributed by atoms with Gasteiger partial charge in [0.15, 0.2) is 5.17 Å². The Labute approximate surface area is 174 Å². The van der Waals surface area contributed by atoms with E-state index in [9.17, 15) is 4.79 Å². The largest absolute Gasteiger partial charge is 0.497 e. The van der Waals surface area contributed by atoms with Crippen LogP contribution in [0.1, 0.15) is 18.1 Å². The molecule has 1 aliphatic heterocycles. The van der Waals surface area contributed by atoms with Gasteiger partial charge in [0.05, 0.1) is 25.1 Å². The van der Waals surface area contributed by atoms with Gasteiger partial charge in [-0.05, 0) is 35.4 Å². The number of hydrogen-bond donors (Lipinski definition) is 0. The van der Waals surface area contributed by atoms with Gasteiger partial charge in [-0.15, -0.1) is 5.10 Å². The van der Waals surface area contributed by atoms with Crippen LogP contribution >= 0.6 is 11.8 Å². The van der Waals surface area contributed by atoms with Crippen LogP contribution in [-0.4, -0.2) is 34.5 Å². The zero-order chi connectivity index (χ0) is 20.2. The Morgan fingerprint density at radius 2 is 1.83 bits per heavy atom. The summed E-state index contributed by atoms with van der Waals surface area (Å²) in [6.07, 6.45) is 1.74. The number of amidine groups is 1. The molecular weight excluding hydrogens is 382 g/mol. The van der Waals surface area contributed by atoms with Gasteiger partial charge in [0, 0.05) is 5.56 Å². The number of nitrogens with zero attached hydrogens (tertiary/aromatic N) is 3. The van der Waals surface area contributed by atoms with Crippen LogP contribution in [-0.2, 0) is 11.3 Å². The lowest BCUT2D eigenvalue weighted by molar-refractivity contribution is -0.126.